The number of benzene rings is 1. The molecule has 0 radical (unpaired) electrons. The van der Waals surface area contributed by atoms with Crippen LogP contribution in [-0.2, 0) is 6.54 Å². The molecule has 3 heterocycles. The molecule has 1 saturated heterocycles. The predicted molar refractivity (Wildman–Crippen MR) is 110 cm³/mol. The highest BCUT2D eigenvalue weighted by Gasteiger charge is 2.26. The number of furan rings is 1. The van der Waals surface area contributed by atoms with Gasteiger partial charge in [0.05, 0.1) is 32.4 Å². The molecule has 1 amide bonds. The third-order valence-corrected chi connectivity index (χ3v) is 5.77. The molecule has 152 valence electrons. The fourth-order valence-corrected chi connectivity index (χ4v) is 4.19. The zero-order valence-corrected chi connectivity index (χ0v) is 17.2. The zero-order chi connectivity index (χ0) is 20.5. The summed E-state index contributed by atoms with van der Waals surface area (Å²) in [6.45, 7) is 10.2. The van der Waals surface area contributed by atoms with Gasteiger partial charge < -0.3 is 18.6 Å². The second kappa shape index (κ2) is 7.87. The summed E-state index contributed by atoms with van der Waals surface area (Å²) in [5, 5.41) is 1.01. The van der Waals surface area contributed by atoms with E-state index >= 15 is 0 Å². The van der Waals surface area contributed by atoms with Gasteiger partial charge in [0, 0.05) is 17.0 Å². The number of nitrogens with zero attached hydrogens (tertiary/aromatic N) is 1. The summed E-state index contributed by atoms with van der Waals surface area (Å²) in [7, 11) is 0. The first-order valence-corrected chi connectivity index (χ1v) is 10.2. The average molecular weight is 395 g/mol. The second-order valence-electron chi connectivity index (χ2n) is 8.15. The predicted octanol–water partition coefficient (Wildman–Crippen LogP) is 2.36. The molecule has 4 rings (SSSR count). The lowest BCUT2D eigenvalue weighted by Gasteiger charge is -2.32. The van der Waals surface area contributed by atoms with Crippen LogP contribution >= 0.6 is 0 Å². The minimum Gasteiger partial charge on any atom is -0.459 e. The highest BCUT2D eigenvalue weighted by molar-refractivity contribution is 5.91. The first-order chi connectivity index (χ1) is 13.9. The molecule has 0 unspecified atom stereocenters. The molecular weight excluding hydrogens is 368 g/mol. The summed E-state index contributed by atoms with van der Waals surface area (Å²) < 4.78 is 10.7. The van der Waals surface area contributed by atoms with Crippen molar-refractivity contribution < 1.29 is 18.5 Å². The van der Waals surface area contributed by atoms with E-state index in [9.17, 15) is 9.59 Å². The van der Waals surface area contributed by atoms with Crippen molar-refractivity contribution in [3.63, 3.8) is 0 Å². The van der Waals surface area contributed by atoms with Crippen molar-refractivity contribution in [2.45, 2.75) is 33.2 Å². The van der Waals surface area contributed by atoms with Crippen LogP contribution in [-0.4, -0.2) is 37.0 Å². The topological polar surface area (TPSA) is 68.1 Å². The summed E-state index contributed by atoms with van der Waals surface area (Å²) in [4.78, 5) is 27.7. The first kappa shape index (κ1) is 19.5. The number of hydrogen-bond acceptors (Lipinski definition) is 4. The number of hydrogen-bond donors (Lipinski definition) is 1. The number of carbonyl (C=O) groups is 1. The molecule has 1 fully saturated rings. The summed E-state index contributed by atoms with van der Waals surface area (Å²) in [6.07, 6.45) is 1.52. The van der Waals surface area contributed by atoms with Gasteiger partial charge >= 0.3 is 5.63 Å². The number of fused-ring (bicyclic) bond motifs is 1. The van der Waals surface area contributed by atoms with Crippen LogP contribution in [0.3, 0.4) is 0 Å². The smallest absolute Gasteiger partial charge is 0.336 e. The molecule has 1 aliphatic rings. The van der Waals surface area contributed by atoms with Crippen LogP contribution in [0, 0.1) is 6.92 Å². The first-order valence-electron chi connectivity index (χ1n) is 10.2. The van der Waals surface area contributed by atoms with E-state index in [1.54, 1.807) is 18.2 Å². The van der Waals surface area contributed by atoms with E-state index in [-0.39, 0.29) is 11.5 Å². The van der Waals surface area contributed by atoms with Crippen LogP contribution in [0.25, 0.3) is 11.0 Å². The Labute approximate surface area is 169 Å². The minimum absolute atomic E-state index is 0.0584. The van der Waals surface area contributed by atoms with E-state index < -0.39 is 0 Å². The molecular formula is C23H27N2O4+. The third-order valence-electron chi connectivity index (χ3n) is 5.77. The van der Waals surface area contributed by atoms with Gasteiger partial charge in [-0.2, -0.15) is 0 Å². The van der Waals surface area contributed by atoms with Crippen LogP contribution in [0.15, 0.2) is 50.2 Å². The summed E-state index contributed by atoms with van der Waals surface area (Å²) in [5.74, 6) is 0.733. The van der Waals surface area contributed by atoms with E-state index in [1.807, 2.05) is 11.0 Å². The maximum atomic E-state index is 12.4. The van der Waals surface area contributed by atoms with Crippen molar-refractivity contribution in [3.05, 3.63) is 69.5 Å². The molecule has 0 saturated carbocycles. The monoisotopic (exact) mass is 395 g/mol. The Kier molecular flexibility index (Phi) is 5.28. The van der Waals surface area contributed by atoms with Gasteiger partial charge in [-0.25, -0.2) is 4.79 Å². The molecule has 0 atom stereocenters. The van der Waals surface area contributed by atoms with Crippen molar-refractivity contribution in [1.82, 2.24) is 4.90 Å². The minimum atomic E-state index is -0.310. The standard InChI is InChI=1S/C23H26N2O4/c1-15(2)18-13-19-17(12-22(26)29-21(19)11-16(18)3)14-24-6-8-25(9-7-24)23(27)20-5-4-10-28-20/h4-5,10-13,15H,6-9,14H2,1-3H3/p+1. The maximum absolute atomic E-state index is 12.4. The maximum Gasteiger partial charge on any atom is 0.336 e. The van der Waals surface area contributed by atoms with Crippen molar-refractivity contribution in [1.29, 1.82) is 0 Å². The largest absolute Gasteiger partial charge is 0.459 e. The Morgan fingerprint density at radius 1 is 1.21 bits per heavy atom. The fraction of sp³-hybridized carbons (Fsp3) is 0.391. The fourth-order valence-electron chi connectivity index (χ4n) is 4.19. The van der Waals surface area contributed by atoms with Gasteiger partial charge in [-0.1, -0.05) is 13.8 Å². The van der Waals surface area contributed by atoms with Gasteiger partial charge in [0.2, 0.25) is 0 Å². The van der Waals surface area contributed by atoms with Gasteiger partial charge in [-0.05, 0) is 48.2 Å². The average Bonchev–Trinajstić information content (AvgIpc) is 3.22. The number of rotatable bonds is 4. The number of amides is 1. The highest BCUT2D eigenvalue weighted by atomic mass is 16.4. The van der Waals surface area contributed by atoms with Crippen LogP contribution < -0.4 is 10.5 Å². The van der Waals surface area contributed by atoms with E-state index in [0.29, 0.717) is 30.4 Å². The summed E-state index contributed by atoms with van der Waals surface area (Å²) >= 11 is 0. The van der Waals surface area contributed by atoms with Crippen LogP contribution in [0.2, 0.25) is 0 Å². The number of quaternary nitrogens is 1. The van der Waals surface area contributed by atoms with Gasteiger partial charge in [-0.15, -0.1) is 0 Å². The Morgan fingerprint density at radius 2 is 1.97 bits per heavy atom. The van der Waals surface area contributed by atoms with E-state index in [2.05, 4.69) is 26.8 Å². The normalized spacial score (nSPS) is 15.4. The molecule has 0 bridgehead atoms. The molecule has 1 aliphatic heterocycles. The number of piperazine rings is 1. The Morgan fingerprint density at radius 3 is 2.62 bits per heavy atom. The quantitative estimate of drug-likeness (QED) is 0.689. The lowest BCUT2D eigenvalue weighted by Crippen LogP contribution is -3.13. The van der Waals surface area contributed by atoms with Gasteiger partial charge in [-0.3, -0.25) is 4.79 Å². The van der Waals surface area contributed by atoms with Crippen LogP contribution in [0.1, 0.15) is 47.0 Å². The third kappa shape index (κ3) is 3.98. The number of aryl methyl sites for hydroxylation is 1. The summed E-state index contributed by atoms with van der Waals surface area (Å²) in [6, 6.07) is 9.20. The number of carbonyl (C=O) groups excluding carboxylic acids is 1. The van der Waals surface area contributed by atoms with Gasteiger partial charge in [0.15, 0.2) is 5.76 Å². The van der Waals surface area contributed by atoms with E-state index in [1.165, 1.54) is 16.7 Å². The molecule has 1 aromatic carbocycles. The molecule has 1 N–H and O–H groups in total. The molecule has 0 spiro atoms. The zero-order valence-electron chi connectivity index (χ0n) is 17.2. The molecule has 6 heteroatoms. The molecule has 3 aromatic rings. The number of nitrogens with one attached hydrogen (secondary N) is 1. The van der Waals surface area contributed by atoms with E-state index in [0.717, 1.165) is 36.1 Å². The van der Waals surface area contributed by atoms with Crippen molar-refractivity contribution in [3.8, 4) is 0 Å². The Bertz CT molecular complexity index is 1070. The van der Waals surface area contributed by atoms with E-state index in [4.69, 9.17) is 8.83 Å². The molecule has 6 nitrogen and oxygen atoms in total. The lowest BCUT2D eigenvalue weighted by atomic mass is 9.95. The highest BCUT2D eigenvalue weighted by Crippen LogP contribution is 2.26. The van der Waals surface area contributed by atoms with Crippen molar-refractivity contribution in [2.75, 3.05) is 26.2 Å². The summed E-state index contributed by atoms with van der Waals surface area (Å²) in [5.41, 5.74) is 3.77. The van der Waals surface area contributed by atoms with Gasteiger partial charge in [0.25, 0.3) is 5.91 Å². The lowest BCUT2D eigenvalue weighted by molar-refractivity contribution is -0.917. The van der Waals surface area contributed by atoms with Crippen LogP contribution in [0.5, 0.6) is 0 Å². The molecule has 2 aromatic heterocycles. The molecule has 0 aliphatic carbocycles. The van der Waals surface area contributed by atoms with Crippen LogP contribution in [0.4, 0.5) is 0 Å². The SMILES string of the molecule is Cc1cc2oc(=O)cc(C[NH+]3CCN(C(=O)c4ccco4)CC3)c2cc1C(C)C. The Balaban J connectivity index is 1.53. The van der Waals surface area contributed by atoms with Crippen molar-refractivity contribution in [2.24, 2.45) is 0 Å². The van der Waals surface area contributed by atoms with Gasteiger partial charge in [0.1, 0.15) is 12.1 Å². The van der Waals surface area contributed by atoms with Crippen molar-refractivity contribution >= 4 is 16.9 Å². The molecule has 29 heavy (non-hydrogen) atoms. The second-order valence-corrected chi connectivity index (χ2v) is 8.15. The Hall–Kier alpha value is -2.86.